The smallest absolute Gasteiger partial charge is 0.326 e. The van der Waals surface area contributed by atoms with E-state index in [1.807, 2.05) is 13.8 Å². The van der Waals surface area contributed by atoms with Crippen molar-refractivity contribution in [3.63, 3.8) is 0 Å². The fraction of sp³-hybridized carbons (Fsp3) is 0.771. The second-order valence-electron chi connectivity index (χ2n) is 20.9. The summed E-state index contributed by atoms with van der Waals surface area (Å²) < 4.78 is 0. The molecule has 25 heteroatoms. The van der Waals surface area contributed by atoms with E-state index in [0.29, 0.717) is 32.2 Å². The number of carboxylic acid groups (broad SMARTS) is 2. The maximum atomic E-state index is 14.1. The minimum Gasteiger partial charge on any atom is -0.481 e. The van der Waals surface area contributed by atoms with Crippen molar-refractivity contribution in [3.05, 3.63) is 0 Å². The van der Waals surface area contributed by atoms with Crippen LogP contribution in [-0.4, -0.2) is 170 Å². The molecule has 2 heterocycles. The minimum atomic E-state index is -1.81. The number of carboxylic acids is 2. The Morgan fingerprint density at radius 2 is 1.03 bits per heavy atom. The fourth-order valence-corrected chi connectivity index (χ4v) is 8.86. The molecule has 414 valence electrons. The zero-order valence-electron chi connectivity index (χ0n) is 44.0. The van der Waals surface area contributed by atoms with E-state index in [-0.39, 0.29) is 87.2 Å². The molecule has 8 amide bonds. The number of carbonyl (C=O) groups excluding carboxylic acids is 8. The van der Waals surface area contributed by atoms with Gasteiger partial charge in [0.05, 0.1) is 18.6 Å². The lowest BCUT2D eigenvalue weighted by Gasteiger charge is -2.33. The van der Waals surface area contributed by atoms with E-state index in [9.17, 15) is 63.3 Å². The predicted octanol–water partition coefficient (Wildman–Crippen LogP) is -1.62. The molecule has 0 aromatic carbocycles. The van der Waals surface area contributed by atoms with Gasteiger partial charge in [-0.25, -0.2) is 4.79 Å². The first kappa shape index (κ1) is 63.0. The number of nitrogens with one attached hydrogen (secondary N) is 6. The molecule has 10 atom stereocenters. The van der Waals surface area contributed by atoms with E-state index in [4.69, 9.17) is 17.2 Å². The average Bonchev–Trinajstić information content (AvgIpc) is 3.98. The van der Waals surface area contributed by atoms with Gasteiger partial charge in [-0.1, -0.05) is 55.4 Å². The Kier molecular flexibility index (Phi) is 26.0. The van der Waals surface area contributed by atoms with Gasteiger partial charge in [0.1, 0.15) is 48.3 Å². The van der Waals surface area contributed by atoms with Crippen LogP contribution in [0.3, 0.4) is 0 Å². The second kappa shape index (κ2) is 30.2. The largest absolute Gasteiger partial charge is 0.481 e. The van der Waals surface area contributed by atoms with Gasteiger partial charge < -0.3 is 74.2 Å². The van der Waals surface area contributed by atoms with Crippen LogP contribution in [0.4, 0.5) is 0 Å². The van der Waals surface area contributed by atoms with E-state index in [1.165, 1.54) is 16.7 Å². The van der Waals surface area contributed by atoms with Gasteiger partial charge in [0, 0.05) is 19.6 Å². The molecule has 0 aromatic heterocycles. The lowest BCUT2D eigenvalue weighted by Crippen LogP contribution is -2.61. The number of likely N-dealkylation sites (tertiary alicyclic amines) is 2. The topological polar surface area (TPSA) is 400 Å². The number of guanidine groups is 1. The summed E-state index contributed by atoms with van der Waals surface area (Å²) in [6, 6.07) is -11.6. The van der Waals surface area contributed by atoms with Crippen LogP contribution in [0.5, 0.6) is 0 Å². The Bertz CT molecular complexity index is 1960. The Balaban J connectivity index is 2.38. The molecule has 2 aliphatic heterocycles. The standard InChI is InChI=1S/C48H84N12O13/c1-24(2)19-29(49)45(70)60-18-12-15-36(60)46(71)59-17-11-14-35(59)43(68)56-31(20-25(3)4)40(65)55-33(23-37(62)63)41(66)53-30(13-10-16-52-48(50)51)39(64)54-32(21-26(5)6)42(67)58-38(28(9)61)44(69)57-34(47(72)73)22-27(7)8/h24-36,38,61H,10-23,49H2,1-9H3,(H,53,66)(H,54,64)(H,55,65)(H,56,68)(H,57,69)(H,58,67)(H,62,63)(H,72,73)(H4,50,51,52)/t28-,29+,30+,31+,32+,33+,34+,35+,36+,38+/m1/s1. The Morgan fingerprint density at radius 3 is 1.55 bits per heavy atom. The number of aliphatic carboxylic acids is 2. The van der Waals surface area contributed by atoms with Crippen molar-refractivity contribution in [1.29, 1.82) is 0 Å². The summed E-state index contributed by atoms with van der Waals surface area (Å²) in [6.07, 6.45) is -0.391. The van der Waals surface area contributed by atoms with E-state index in [1.54, 1.807) is 41.5 Å². The summed E-state index contributed by atoms with van der Waals surface area (Å²) in [5.74, 6) is -9.86. The predicted molar refractivity (Wildman–Crippen MR) is 268 cm³/mol. The molecule has 2 aliphatic rings. The highest BCUT2D eigenvalue weighted by molar-refractivity contribution is 5.99. The number of hydrogen-bond acceptors (Lipinski definition) is 13. The molecule has 2 saturated heterocycles. The number of aliphatic imine (C=N–C) groups is 1. The van der Waals surface area contributed by atoms with E-state index in [0.717, 1.165) is 0 Å². The number of aliphatic hydroxyl groups excluding tert-OH is 1. The number of hydrogen-bond donors (Lipinski definition) is 12. The summed E-state index contributed by atoms with van der Waals surface area (Å²) in [4.78, 5) is 142. The van der Waals surface area contributed by atoms with Crippen LogP contribution in [0.2, 0.25) is 0 Å². The molecule has 0 saturated carbocycles. The Labute approximate surface area is 428 Å². The molecule has 25 nitrogen and oxygen atoms in total. The van der Waals surface area contributed by atoms with Gasteiger partial charge in [-0.2, -0.15) is 0 Å². The molecule has 0 bridgehead atoms. The number of carbonyl (C=O) groups is 10. The van der Waals surface area contributed by atoms with Crippen molar-refractivity contribution in [1.82, 2.24) is 41.7 Å². The minimum absolute atomic E-state index is 0.0173. The molecule has 73 heavy (non-hydrogen) atoms. The number of nitrogens with two attached hydrogens (primary N) is 3. The molecule has 0 aromatic rings. The number of rotatable bonds is 30. The van der Waals surface area contributed by atoms with Crippen molar-refractivity contribution in [2.75, 3.05) is 19.6 Å². The molecule has 15 N–H and O–H groups in total. The van der Waals surface area contributed by atoms with Crippen LogP contribution >= 0.6 is 0 Å². The summed E-state index contributed by atoms with van der Waals surface area (Å²) >= 11 is 0. The monoisotopic (exact) mass is 1040 g/mol. The normalized spacial score (nSPS) is 18.9. The molecular weight excluding hydrogens is 953 g/mol. The third kappa shape index (κ3) is 21.1. The van der Waals surface area contributed by atoms with Crippen LogP contribution in [-0.2, 0) is 47.9 Å². The summed E-state index contributed by atoms with van der Waals surface area (Å²) in [7, 11) is 0. The van der Waals surface area contributed by atoms with Crippen molar-refractivity contribution in [2.24, 2.45) is 45.9 Å². The first-order valence-corrected chi connectivity index (χ1v) is 25.4. The maximum Gasteiger partial charge on any atom is 0.326 e. The van der Waals surface area contributed by atoms with Crippen LogP contribution in [0.25, 0.3) is 0 Å². The molecule has 0 aliphatic carbocycles. The number of aliphatic hydroxyl groups is 1. The van der Waals surface area contributed by atoms with E-state index in [2.05, 4.69) is 36.9 Å². The second-order valence-corrected chi connectivity index (χ2v) is 20.9. The van der Waals surface area contributed by atoms with Crippen molar-refractivity contribution < 1.29 is 63.3 Å². The van der Waals surface area contributed by atoms with Gasteiger partial charge in [0.25, 0.3) is 0 Å². The lowest BCUT2D eigenvalue weighted by atomic mass is 10.00. The van der Waals surface area contributed by atoms with Gasteiger partial charge in [0.2, 0.25) is 47.3 Å². The highest BCUT2D eigenvalue weighted by Crippen LogP contribution is 2.26. The van der Waals surface area contributed by atoms with Gasteiger partial charge in [0.15, 0.2) is 5.96 Å². The zero-order chi connectivity index (χ0) is 55.4. The third-order valence-corrected chi connectivity index (χ3v) is 12.4. The van der Waals surface area contributed by atoms with E-state index < -0.39 is 120 Å². The quantitative estimate of drug-likeness (QED) is 0.0219. The Morgan fingerprint density at radius 1 is 0.575 bits per heavy atom. The summed E-state index contributed by atoms with van der Waals surface area (Å²) in [5.41, 5.74) is 17.2. The van der Waals surface area contributed by atoms with Gasteiger partial charge >= 0.3 is 11.9 Å². The Hall–Kier alpha value is -6.11. The first-order chi connectivity index (χ1) is 34.0. The third-order valence-electron chi connectivity index (χ3n) is 12.4. The van der Waals surface area contributed by atoms with Crippen molar-refractivity contribution >= 4 is 65.2 Å². The summed E-state index contributed by atoms with van der Waals surface area (Å²) in [6.45, 7) is 16.2. The first-order valence-electron chi connectivity index (χ1n) is 25.4. The van der Waals surface area contributed by atoms with Crippen LogP contribution < -0.4 is 49.1 Å². The molecular formula is C48H84N12O13. The zero-order valence-corrected chi connectivity index (χ0v) is 44.0. The lowest BCUT2D eigenvalue weighted by molar-refractivity contribution is -0.147. The fourth-order valence-electron chi connectivity index (χ4n) is 8.86. The number of amides is 8. The number of nitrogens with zero attached hydrogens (tertiary/aromatic N) is 3. The molecule has 2 fully saturated rings. The average molecular weight is 1040 g/mol. The highest BCUT2D eigenvalue weighted by Gasteiger charge is 2.44. The van der Waals surface area contributed by atoms with E-state index >= 15 is 0 Å². The highest BCUT2D eigenvalue weighted by atomic mass is 16.4. The van der Waals surface area contributed by atoms with Crippen molar-refractivity contribution in [3.8, 4) is 0 Å². The molecule has 0 unspecified atom stereocenters. The summed E-state index contributed by atoms with van der Waals surface area (Å²) in [5, 5.41) is 45.0. The van der Waals surface area contributed by atoms with Crippen molar-refractivity contribution in [2.45, 2.75) is 193 Å². The van der Waals surface area contributed by atoms with Gasteiger partial charge in [-0.05, 0) is 94.8 Å². The molecule has 0 radical (unpaired) electrons. The molecule has 2 rings (SSSR count). The van der Waals surface area contributed by atoms with Crippen LogP contribution in [0.1, 0.15) is 133 Å². The van der Waals surface area contributed by atoms with Gasteiger partial charge in [-0.3, -0.25) is 48.1 Å². The van der Waals surface area contributed by atoms with Crippen LogP contribution in [0, 0.1) is 23.7 Å². The maximum absolute atomic E-state index is 14.1. The van der Waals surface area contributed by atoms with Gasteiger partial charge in [-0.15, -0.1) is 0 Å². The molecule has 0 spiro atoms. The SMILES string of the molecule is CC(C)C[C@H](NC(=O)[C@@H](NC(=O)[C@H](CC(C)C)NC(=O)[C@H](CCCN=C(N)N)NC(=O)[C@H](CC(=O)O)NC(=O)[C@H](CC(C)C)NC(=O)[C@@H]1CCCN1C(=O)[C@@H]1CCCN1C(=O)[C@@H](N)CC(C)C)[C@@H](C)O)C(=O)O. The van der Waals surface area contributed by atoms with Crippen LogP contribution in [0.15, 0.2) is 4.99 Å².